The average molecular weight is 282 g/mol. The molecule has 0 aliphatic heterocycles. The molecule has 0 heterocycles. The average Bonchev–Trinajstić information content (AvgIpc) is 2.40. The van der Waals surface area contributed by atoms with E-state index in [1.165, 1.54) is 57.8 Å². The van der Waals surface area contributed by atoms with Crippen LogP contribution in [-0.2, 0) is 9.53 Å². The molecule has 0 fully saturated rings. The van der Waals surface area contributed by atoms with E-state index in [1.54, 1.807) is 6.92 Å². The molecule has 0 aliphatic carbocycles. The molecule has 0 saturated carbocycles. The van der Waals surface area contributed by atoms with Gasteiger partial charge in [-0.15, -0.1) is 0 Å². The van der Waals surface area contributed by atoms with Crippen LogP contribution in [0.3, 0.4) is 0 Å². The van der Waals surface area contributed by atoms with Crippen LogP contribution in [0.5, 0.6) is 0 Å². The van der Waals surface area contributed by atoms with E-state index < -0.39 is 0 Å². The van der Waals surface area contributed by atoms with Crippen LogP contribution in [0.4, 0.5) is 0 Å². The summed E-state index contributed by atoms with van der Waals surface area (Å²) in [5.74, 6) is -0.260. The second-order valence-electron chi connectivity index (χ2n) is 5.97. The molecule has 1 unspecified atom stereocenters. The van der Waals surface area contributed by atoms with Crippen LogP contribution in [-0.4, -0.2) is 12.1 Å². The molecule has 0 aromatic carbocycles. The monoisotopic (exact) mass is 282 g/mol. The van der Waals surface area contributed by atoms with Gasteiger partial charge in [-0.1, -0.05) is 71.3 Å². The van der Waals surface area contributed by atoms with E-state index in [0.717, 1.165) is 12.8 Å². The molecule has 0 spiro atoms. The standard InChI is InChI=1S/C18H34O2/c1-5-6-7-8-9-10-11-12-13-14-15-17(4)20-18(19)16(2)3/h17H,2,5-15H2,1,3-4H3. The lowest BCUT2D eigenvalue weighted by molar-refractivity contribution is -0.143. The molecule has 1 atom stereocenters. The van der Waals surface area contributed by atoms with Crippen molar-refractivity contribution in [1.29, 1.82) is 0 Å². The number of hydrogen-bond donors (Lipinski definition) is 0. The van der Waals surface area contributed by atoms with Gasteiger partial charge >= 0.3 is 5.97 Å². The molecular weight excluding hydrogens is 248 g/mol. The Morgan fingerprint density at radius 2 is 1.40 bits per heavy atom. The summed E-state index contributed by atoms with van der Waals surface area (Å²) in [6.07, 6.45) is 14.4. The second kappa shape index (κ2) is 13.2. The van der Waals surface area contributed by atoms with Crippen molar-refractivity contribution in [3.05, 3.63) is 12.2 Å². The van der Waals surface area contributed by atoms with Gasteiger partial charge in [-0.05, 0) is 26.7 Å². The molecule has 2 heteroatoms. The van der Waals surface area contributed by atoms with Crippen LogP contribution >= 0.6 is 0 Å². The number of carbonyl (C=O) groups is 1. The fourth-order valence-corrected chi connectivity index (χ4v) is 2.26. The minimum atomic E-state index is -0.260. The fraction of sp³-hybridized carbons (Fsp3) is 0.833. The molecule has 0 radical (unpaired) electrons. The summed E-state index contributed by atoms with van der Waals surface area (Å²) in [6, 6.07) is 0. The fourth-order valence-electron chi connectivity index (χ4n) is 2.26. The first-order valence-electron chi connectivity index (χ1n) is 8.44. The largest absolute Gasteiger partial charge is 0.459 e. The first-order valence-corrected chi connectivity index (χ1v) is 8.44. The molecule has 20 heavy (non-hydrogen) atoms. The number of rotatable bonds is 13. The van der Waals surface area contributed by atoms with Gasteiger partial charge in [0.1, 0.15) is 0 Å². The summed E-state index contributed by atoms with van der Waals surface area (Å²) in [4.78, 5) is 11.3. The van der Waals surface area contributed by atoms with Crippen LogP contribution in [0.1, 0.15) is 91.4 Å². The van der Waals surface area contributed by atoms with E-state index in [9.17, 15) is 4.79 Å². The molecule has 0 rings (SSSR count). The third-order valence-electron chi connectivity index (χ3n) is 3.62. The quantitative estimate of drug-likeness (QED) is 0.242. The van der Waals surface area contributed by atoms with Gasteiger partial charge in [0, 0.05) is 5.57 Å². The van der Waals surface area contributed by atoms with Gasteiger partial charge in [0.15, 0.2) is 0 Å². The molecular formula is C18H34O2. The summed E-state index contributed by atoms with van der Waals surface area (Å²) in [6.45, 7) is 9.51. The summed E-state index contributed by atoms with van der Waals surface area (Å²) in [5, 5.41) is 0. The molecule has 0 N–H and O–H groups in total. The zero-order valence-electron chi connectivity index (χ0n) is 13.9. The highest BCUT2D eigenvalue weighted by Gasteiger charge is 2.09. The maximum atomic E-state index is 11.3. The predicted octanol–water partition coefficient (Wildman–Crippen LogP) is 5.81. The molecule has 0 saturated heterocycles. The minimum Gasteiger partial charge on any atom is -0.459 e. The minimum absolute atomic E-state index is 0.0215. The molecule has 0 aromatic rings. The Morgan fingerprint density at radius 1 is 0.950 bits per heavy atom. The number of esters is 1. The number of carbonyl (C=O) groups excluding carboxylic acids is 1. The van der Waals surface area contributed by atoms with E-state index in [1.807, 2.05) is 6.92 Å². The number of ether oxygens (including phenoxy) is 1. The Balaban J connectivity index is 3.27. The van der Waals surface area contributed by atoms with Crippen LogP contribution in [0.2, 0.25) is 0 Å². The summed E-state index contributed by atoms with van der Waals surface area (Å²) in [5.41, 5.74) is 0.486. The summed E-state index contributed by atoms with van der Waals surface area (Å²) >= 11 is 0. The SMILES string of the molecule is C=C(C)C(=O)OC(C)CCCCCCCCCCCC. The molecule has 0 amide bonds. The normalized spacial score (nSPS) is 12.2. The molecule has 118 valence electrons. The first-order chi connectivity index (χ1) is 9.57. The van der Waals surface area contributed by atoms with Gasteiger partial charge < -0.3 is 4.74 Å². The van der Waals surface area contributed by atoms with Crippen molar-refractivity contribution in [2.24, 2.45) is 0 Å². The Bertz CT molecular complexity index is 258. The van der Waals surface area contributed by atoms with Crippen LogP contribution in [0, 0.1) is 0 Å². The van der Waals surface area contributed by atoms with E-state index in [0.29, 0.717) is 5.57 Å². The van der Waals surface area contributed by atoms with Gasteiger partial charge in [0.2, 0.25) is 0 Å². The number of hydrogen-bond acceptors (Lipinski definition) is 2. The van der Waals surface area contributed by atoms with E-state index in [-0.39, 0.29) is 12.1 Å². The van der Waals surface area contributed by atoms with Crippen molar-refractivity contribution in [2.75, 3.05) is 0 Å². The van der Waals surface area contributed by atoms with Crippen molar-refractivity contribution in [3.8, 4) is 0 Å². The molecule has 2 nitrogen and oxygen atoms in total. The smallest absolute Gasteiger partial charge is 0.333 e. The van der Waals surface area contributed by atoms with Gasteiger partial charge in [0.25, 0.3) is 0 Å². The predicted molar refractivity (Wildman–Crippen MR) is 86.8 cm³/mol. The topological polar surface area (TPSA) is 26.3 Å². The maximum absolute atomic E-state index is 11.3. The Hall–Kier alpha value is -0.790. The zero-order chi connectivity index (χ0) is 15.2. The maximum Gasteiger partial charge on any atom is 0.333 e. The summed E-state index contributed by atoms with van der Waals surface area (Å²) in [7, 11) is 0. The lowest BCUT2D eigenvalue weighted by Crippen LogP contribution is -2.15. The highest BCUT2D eigenvalue weighted by atomic mass is 16.5. The van der Waals surface area contributed by atoms with Crippen molar-refractivity contribution in [3.63, 3.8) is 0 Å². The van der Waals surface area contributed by atoms with Crippen molar-refractivity contribution in [1.82, 2.24) is 0 Å². The Labute approximate surface area is 126 Å². The van der Waals surface area contributed by atoms with Crippen molar-refractivity contribution < 1.29 is 9.53 Å². The molecule has 0 aliphatic rings. The van der Waals surface area contributed by atoms with E-state index in [4.69, 9.17) is 4.74 Å². The Kier molecular flexibility index (Phi) is 12.7. The summed E-state index contributed by atoms with van der Waals surface area (Å²) < 4.78 is 5.26. The van der Waals surface area contributed by atoms with Gasteiger partial charge in [-0.3, -0.25) is 0 Å². The third kappa shape index (κ3) is 12.3. The van der Waals surface area contributed by atoms with Gasteiger partial charge in [-0.25, -0.2) is 4.79 Å². The molecule has 0 bridgehead atoms. The van der Waals surface area contributed by atoms with Gasteiger partial charge in [0.05, 0.1) is 6.10 Å². The second-order valence-corrected chi connectivity index (χ2v) is 5.97. The third-order valence-corrected chi connectivity index (χ3v) is 3.62. The first kappa shape index (κ1) is 19.2. The van der Waals surface area contributed by atoms with Crippen LogP contribution in [0.15, 0.2) is 12.2 Å². The lowest BCUT2D eigenvalue weighted by atomic mass is 10.0. The Morgan fingerprint density at radius 3 is 1.85 bits per heavy atom. The van der Waals surface area contributed by atoms with E-state index >= 15 is 0 Å². The number of unbranched alkanes of at least 4 members (excludes halogenated alkanes) is 9. The van der Waals surface area contributed by atoms with E-state index in [2.05, 4.69) is 13.5 Å². The zero-order valence-corrected chi connectivity index (χ0v) is 13.9. The van der Waals surface area contributed by atoms with Crippen LogP contribution < -0.4 is 0 Å². The van der Waals surface area contributed by atoms with Crippen molar-refractivity contribution in [2.45, 2.75) is 97.5 Å². The van der Waals surface area contributed by atoms with Gasteiger partial charge in [-0.2, -0.15) is 0 Å². The van der Waals surface area contributed by atoms with Crippen LogP contribution in [0.25, 0.3) is 0 Å². The highest BCUT2D eigenvalue weighted by molar-refractivity contribution is 5.87. The van der Waals surface area contributed by atoms with Crippen molar-refractivity contribution >= 4 is 5.97 Å². The molecule has 0 aromatic heterocycles. The highest BCUT2D eigenvalue weighted by Crippen LogP contribution is 2.13. The lowest BCUT2D eigenvalue weighted by Gasteiger charge is -2.12.